The number of carbonyl (C=O) groups is 3. The molecular formula is C25H35NO9. The molecular weight excluding hydrogens is 458 g/mol. The molecule has 0 heterocycles. The van der Waals surface area contributed by atoms with E-state index in [9.17, 15) is 9.90 Å². The summed E-state index contributed by atoms with van der Waals surface area (Å²) in [6.45, 7) is 1.69. The lowest BCUT2D eigenvalue weighted by atomic mass is 9.49. The molecule has 0 spiro atoms. The first kappa shape index (κ1) is 26.7. The van der Waals surface area contributed by atoms with Crippen molar-refractivity contribution in [2.75, 3.05) is 33.9 Å². The standard InChI is InChI=1S/C23H33NO5.C2H2O4/c1-27-21-8-18(22(26)28-2)3-4-20(21)29-13-19(25)12-24-14-23-9-15-5-16(10-23)7-17(6-15)11-23;3-1(4)2(5)6/h3-4,8,15-17,19,24-25H,5-7,9-14H2,1-2H3;(H,3,4)(H,5,6). The topological polar surface area (TPSA) is 152 Å². The molecule has 4 fully saturated rings. The summed E-state index contributed by atoms with van der Waals surface area (Å²) in [5.74, 6) is -0.305. The van der Waals surface area contributed by atoms with Gasteiger partial charge in [-0.1, -0.05) is 0 Å². The molecule has 194 valence electrons. The smallest absolute Gasteiger partial charge is 0.414 e. The Kier molecular flexibility index (Phi) is 8.96. The molecule has 5 rings (SSSR count). The number of hydrogen-bond acceptors (Lipinski definition) is 8. The van der Waals surface area contributed by atoms with E-state index in [1.54, 1.807) is 18.2 Å². The molecule has 4 aliphatic carbocycles. The van der Waals surface area contributed by atoms with E-state index < -0.39 is 24.0 Å². The van der Waals surface area contributed by atoms with E-state index in [4.69, 9.17) is 34.0 Å². The van der Waals surface area contributed by atoms with Crippen LogP contribution in [0.3, 0.4) is 0 Å². The van der Waals surface area contributed by atoms with Gasteiger partial charge in [-0.25, -0.2) is 14.4 Å². The first-order valence-electron chi connectivity index (χ1n) is 11.9. The summed E-state index contributed by atoms with van der Waals surface area (Å²) in [4.78, 5) is 29.8. The predicted octanol–water partition coefficient (Wildman–Crippen LogP) is 2.18. The van der Waals surface area contributed by atoms with Crippen molar-refractivity contribution >= 4 is 17.9 Å². The lowest BCUT2D eigenvalue weighted by molar-refractivity contribution is -0.159. The Hall–Kier alpha value is -2.85. The molecule has 0 radical (unpaired) electrons. The number of benzene rings is 1. The number of rotatable bonds is 9. The first-order chi connectivity index (χ1) is 16.6. The summed E-state index contributed by atoms with van der Waals surface area (Å²) < 4.78 is 15.8. The Labute approximate surface area is 204 Å². The van der Waals surface area contributed by atoms with Crippen molar-refractivity contribution in [3.8, 4) is 11.5 Å². The van der Waals surface area contributed by atoms with Crippen LogP contribution in [0.25, 0.3) is 0 Å². The zero-order valence-electron chi connectivity index (χ0n) is 20.2. The van der Waals surface area contributed by atoms with Gasteiger partial charge in [-0.2, -0.15) is 0 Å². The number of aliphatic hydroxyl groups is 1. The molecule has 0 aliphatic heterocycles. The molecule has 0 saturated heterocycles. The highest BCUT2D eigenvalue weighted by Gasteiger charge is 2.50. The minimum atomic E-state index is -1.82. The molecule has 1 aromatic rings. The minimum absolute atomic E-state index is 0.168. The van der Waals surface area contributed by atoms with Gasteiger partial charge in [0.05, 0.1) is 19.8 Å². The number of carboxylic acids is 2. The Morgan fingerprint density at radius 1 is 1.00 bits per heavy atom. The van der Waals surface area contributed by atoms with E-state index in [0.717, 1.165) is 24.3 Å². The van der Waals surface area contributed by atoms with Crippen LogP contribution in [0.5, 0.6) is 11.5 Å². The minimum Gasteiger partial charge on any atom is -0.493 e. The molecule has 4 N–H and O–H groups in total. The first-order valence-corrected chi connectivity index (χ1v) is 11.9. The van der Waals surface area contributed by atoms with Crippen LogP contribution in [0, 0.1) is 23.2 Å². The predicted molar refractivity (Wildman–Crippen MR) is 125 cm³/mol. The van der Waals surface area contributed by atoms with Crippen molar-refractivity contribution in [3.63, 3.8) is 0 Å². The maximum absolute atomic E-state index is 11.6. The van der Waals surface area contributed by atoms with Crippen LogP contribution in [0.4, 0.5) is 0 Å². The summed E-state index contributed by atoms with van der Waals surface area (Å²) in [5.41, 5.74) is 0.858. The summed E-state index contributed by atoms with van der Waals surface area (Å²) in [6, 6.07) is 4.88. The number of hydrogen-bond donors (Lipinski definition) is 4. The van der Waals surface area contributed by atoms with Crippen LogP contribution >= 0.6 is 0 Å². The van der Waals surface area contributed by atoms with Crippen molar-refractivity contribution in [3.05, 3.63) is 23.8 Å². The molecule has 4 aliphatic rings. The molecule has 1 unspecified atom stereocenters. The van der Waals surface area contributed by atoms with Gasteiger partial charge in [-0.05, 0) is 79.9 Å². The number of esters is 1. The zero-order chi connectivity index (χ0) is 25.6. The van der Waals surface area contributed by atoms with Gasteiger partial charge < -0.3 is 34.8 Å². The van der Waals surface area contributed by atoms with E-state index in [-0.39, 0.29) is 6.61 Å². The third-order valence-corrected chi connectivity index (χ3v) is 7.24. The van der Waals surface area contributed by atoms with E-state index in [2.05, 4.69) is 5.32 Å². The van der Waals surface area contributed by atoms with Crippen LogP contribution in [0.2, 0.25) is 0 Å². The van der Waals surface area contributed by atoms with Gasteiger partial charge in [-0.15, -0.1) is 0 Å². The van der Waals surface area contributed by atoms with Gasteiger partial charge >= 0.3 is 17.9 Å². The molecule has 1 aromatic carbocycles. The van der Waals surface area contributed by atoms with Crippen molar-refractivity contribution in [1.82, 2.24) is 5.32 Å². The van der Waals surface area contributed by atoms with Gasteiger partial charge in [0.1, 0.15) is 12.7 Å². The average Bonchev–Trinajstić information content (AvgIpc) is 2.81. The number of carbonyl (C=O) groups excluding carboxylic acids is 1. The third kappa shape index (κ3) is 7.08. The fourth-order valence-corrected chi connectivity index (χ4v) is 6.29. The highest BCUT2D eigenvalue weighted by Crippen LogP contribution is 2.59. The largest absolute Gasteiger partial charge is 0.493 e. The van der Waals surface area contributed by atoms with Crippen molar-refractivity contribution in [2.24, 2.45) is 23.2 Å². The Morgan fingerprint density at radius 2 is 1.57 bits per heavy atom. The third-order valence-electron chi connectivity index (χ3n) is 7.24. The van der Waals surface area contributed by atoms with E-state index in [1.165, 1.54) is 52.7 Å². The van der Waals surface area contributed by atoms with Gasteiger partial charge in [0.15, 0.2) is 11.5 Å². The number of methoxy groups -OCH3 is 2. The highest BCUT2D eigenvalue weighted by atomic mass is 16.5. The fraction of sp³-hybridized carbons (Fsp3) is 0.640. The molecule has 1 atom stereocenters. The average molecular weight is 494 g/mol. The van der Waals surface area contributed by atoms with Crippen LogP contribution in [0.1, 0.15) is 48.9 Å². The zero-order valence-corrected chi connectivity index (χ0v) is 20.2. The number of aliphatic hydroxyl groups excluding tert-OH is 1. The van der Waals surface area contributed by atoms with E-state index in [1.807, 2.05) is 0 Å². The molecule has 0 aromatic heterocycles. The Balaban J connectivity index is 0.000000509. The summed E-state index contributed by atoms with van der Waals surface area (Å²) in [5, 5.41) is 28.7. The van der Waals surface area contributed by atoms with Crippen LogP contribution < -0.4 is 14.8 Å². The van der Waals surface area contributed by atoms with Crippen LogP contribution in [0.15, 0.2) is 18.2 Å². The van der Waals surface area contributed by atoms with Crippen molar-refractivity contribution in [1.29, 1.82) is 0 Å². The molecule has 10 nitrogen and oxygen atoms in total. The maximum atomic E-state index is 11.6. The maximum Gasteiger partial charge on any atom is 0.414 e. The monoisotopic (exact) mass is 493 g/mol. The van der Waals surface area contributed by atoms with Crippen molar-refractivity contribution < 1.29 is 43.9 Å². The number of aliphatic carboxylic acids is 2. The number of carboxylic acid groups (broad SMARTS) is 2. The second kappa shape index (κ2) is 11.7. The second-order valence-electron chi connectivity index (χ2n) is 9.98. The fourth-order valence-electron chi connectivity index (χ4n) is 6.29. The van der Waals surface area contributed by atoms with Gasteiger partial charge in [0, 0.05) is 13.1 Å². The lowest BCUT2D eigenvalue weighted by Gasteiger charge is -2.57. The van der Waals surface area contributed by atoms with Gasteiger partial charge in [0.25, 0.3) is 0 Å². The molecule has 10 heteroatoms. The molecule has 4 saturated carbocycles. The molecule has 35 heavy (non-hydrogen) atoms. The summed E-state index contributed by atoms with van der Waals surface area (Å²) >= 11 is 0. The Morgan fingerprint density at radius 3 is 2.06 bits per heavy atom. The van der Waals surface area contributed by atoms with E-state index in [0.29, 0.717) is 29.0 Å². The lowest BCUT2D eigenvalue weighted by Crippen LogP contribution is -2.51. The number of nitrogens with one attached hydrogen (secondary N) is 1. The van der Waals surface area contributed by atoms with E-state index >= 15 is 0 Å². The summed E-state index contributed by atoms with van der Waals surface area (Å²) in [7, 11) is 2.86. The van der Waals surface area contributed by atoms with Crippen molar-refractivity contribution in [2.45, 2.75) is 44.6 Å². The Bertz CT molecular complexity index is 869. The quantitative estimate of drug-likeness (QED) is 0.297. The normalized spacial score (nSPS) is 26.8. The van der Waals surface area contributed by atoms with Crippen LogP contribution in [-0.2, 0) is 14.3 Å². The molecule has 4 bridgehead atoms. The van der Waals surface area contributed by atoms with Gasteiger partial charge in [0.2, 0.25) is 0 Å². The highest BCUT2D eigenvalue weighted by molar-refractivity contribution is 6.27. The molecule has 0 amide bonds. The summed E-state index contributed by atoms with van der Waals surface area (Å²) in [6.07, 6.45) is 7.84. The number of ether oxygens (including phenoxy) is 3. The van der Waals surface area contributed by atoms with Gasteiger partial charge in [-0.3, -0.25) is 0 Å². The second-order valence-corrected chi connectivity index (χ2v) is 9.98. The van der Waals surface area contributed by atoms with Crippen LogP contribution in [-0.4, -0.2) is 73.2 Å². The SMILES string of the molecule is COC(=O)c1ccc(OCC(O)CNCC23CC4CC(CC(C4)C2)C3)c(OC)c1.O=C(O)C(=O)O.